The van der Waals surface area contributed by atoms with Crippen molar-refractivity contribution < 1.29 is 4.74 Å². The number of hydrogen-bond acceptors (Lipinski definition) is 3. The molecule has 1 N–H and O–H groups in total. The molecule has 17 heavy (non-hydrogen) atoms. The van der Waals surface area contributed by atoms with Crippen LogP contribution in [0.25, 0.3) is 0 Å². The minimum Gasteiger partial charge on any atom is -0.384 e. The Morgan fingerprint density at radius 2 is 1.94 bits per heavy atom. The Kier molecular flexibility index (Phi) is 7.09. The zero-order valence-electron chi connectivity index (χ0n) is 12.0. The molecule has 0 bridgehead atoms. The van der Waals surface area contributed by atoms with Gasteiger partial charge in [-0.15, -0.1) is 0 Å². The second kappa shape index (κ2) is 8.06. The molecule has 1 heterocycles. The highest BCUT2D eigenvalue weighted by molar-refractivity contribution is 4.83. The van der Waals surface area contributed by atoms with Gasteiger partial charge in [-0.3, -0.25) is 4.90 Å². The van der Waals surface area contributed by atoms with Crippen LogP contribution in [0.5, 0.6) is 0 Å². The summed E-state index contributed by atoms with van der Waals surface area (Å²) in [5.74, 6) is 0.780. The molecule has 0 radical (unpaired) electrons. The van der Waals surface area contributed by atoms with Gasteiger partial charge in [-0.25, -0.2) is 0 Å². The lowest BCUT2D eigenvalue weighted by Gasteiger charge is -2.39. The topological polar surface area (TPSA) is 24.5 Å². The highest BCUT2D eigenvalue weighted by Crippen LogP contribution is 2.20. The van der Waals surface area contributed by atoms with Crippen molar-refractivity contribution in [2.45, 2.75) is 52.1 Å². The zero-order valence-corrected chi connectivity index (χ0v) is 12.0. The number of piperidine rings is 1. The molecule has 0 aliphatic carbocycles. The van der Waals surface area contributed by atoms with Crippen LogP contribution in [0.15, 0.2) is 0 Å². The molecule has 0 amide bonds. The SMILES string of the molecule is CCNC(CC)C(C)N1CCC(COC)CC1. The summed E-state index contributed by atoms with van der Waals surface area (Å²) in [5.41, 5.74) is 0. The van der Waals surface area contributed by atoms with Gasteiger partial charge in [0.25, 0.3) is 0 Å². The number of rotatable bonds is 7. The maximum Gasteiger partial charge on any atom is 0.0491 e. The fourth-order valence-electron chi connectivity index (χ4n) is 2.94. The maximum atomic E-state index is 5.25. The van der Waals surface area contributed by atoms with Crippen molar-refractivity contribution in [3.8, 4) is 0 Å². The Bertz CT molecular complexity index is 191. The van der Waals surface area contributed by atoms with Crippen molar-refractivity contribution in [2.75, 3.05) is 33.4 Å². The zero-order chi connectivity index (χ0) is 12.7. The van der Waals surface area contributed by atoms with E-state index in [0.29, 0.717) is 12.1 Å². The van der Waals surface area contributed by atoms with Gasteiger partial charge in [-0.1, -0.05) is 13.8 Å². The Labute approximate surface area is 107 Å². The number of likely N-dealkylation sites (N-methyl/N-ethyl adjacent to an activating group) is 1. The molecule has 3 heteroatoms. The number of nitrogens with one attached hydrogen (secondary N) is 1. The lowest BCUT2D eigenvalue weighted by atomic mass is 9.95. The molecule has 2 unspecified atom stereocenters. The molecular formula is C14H30N2O. The molecular weight excluding hydrogens is 212 g/mol. The summed E-state index contributed by atoms with van der Waals surface area (Å²) >= 11 is 0. The molecule has 2 atom stereocenters. The quantitative estimate of drug-likeness (QED) is 0.740. The summed E-state index contributed by atoms with van der Waals surface area (Å²) in [6.07, 6.45) is 3.80. The fourth-order valence-corrected chi connectivity index (χ4v) is 2.94. The van der Waals surface area contributed by atoms with Crippen LogP contribution in [0.3, 0.4) is 0 Å². The van der Waals surface area contributed by atoms with Crippen LogP contribution in [0.2, 0.25) is 0 Å². The third-order valence-electron chi connectivity index (χ3n) is 4.12. The molecule has 1 fully saturated rings. The second-order valence-electron chi connectivity index (χ2n) is 5.25. The summed E-state index contributed by atoms with van der Waals surface area (Å²) < 4.78 is 5.25. The Balaban J connectivity index is 2.36. The second-order valence-corrected chi connectivity index (χ2v) is 5.25. The molecule has 1 aliphatic rings. The number of likely N-dealkylation sites (tertiary alicyclic amines) is 1. The number of methoxy groups -OCH3 is 1. The van der Waals surface area contributed by atoms with Gasteiger partial charge >= 0.3 is 0 Å². The van der Waals surface area contributed by atoms with E-state index < -0.39 is 0 Å². The lowest BCUT2D eigenvalue weighted by molar-refractivity contribution is 0.0727. The predicted molar refractivity (Wildman–Crippen MR) is 73.4 cm³/mol. The average Bonchev–Trinajstić information content (AvgIpc) is 2.36. The van der Waals surface area contributed by atoms with E-state index in [1.54, 1.807) is 0 Å². The summed E-state index contributed by atoms with van der Waals surface area (Å²) in [5, 5.41) is 3.60. The first-order chi connectivity index (χ1) is 8.22. The first kappa shape index (κ1) is 14.9. The van der Waals surface area contributed by atoms with E-state index in [-0.39, 0.29) is 0 Å². The van der Waals surface area contributed by atoms with Gasteiger partial charge in [-0.2, -0.15) is 0 Å². The summed E-state index contributed by atoms with van der Waals surface area (Å²) in [6.45, 7) is 11.3. The molecule has 3 nitrogen and oxygen atoms in total. The highest BCUT2D eigenvalue weighted by atomic mass is 16.5. The minimum atomic E-state index is 0.638. The van der Waals surface area contributed by atoms with Gasteiger partial charge in [0.1, 0.15) is 0 Å². The van der Waals surface area contributed by atoms with Crippen LogP contribution in [-0.2, 0) is 4.74 Å². The summed E-state index contributed by atoms with van der Waals surface area (Å²) in [7, 11) is 1.81. The third-order valence-corrected chi connectivity index (χ3v) is 4.12. The van der Waals surface area contributed by atoms with Gasteiger partial charge in [0.2, 0.25) is 0 Å². The van der Waals surface area contributed by atoms with Crippen molar-refractivity contribution in [3.63, 3.8) is 0 Å². The summed E-state index contributed by atoms with van der Waals surface area (Å²) in [6, 6.07) is 1.29. The fraction of sp³-hybridized carbons (Fsp3) is 1.00. The van der Waals surface area contributed by atoms with Crippen molar-refractivity contribution in [1.29, 1.82) is 0 Å². The molecule has 0 saturated carbocycles. The molecule has 0 spiro atoms. The number of hydrogen-bond donors (Lipinski definition) is 1. The lowest BCUT2D eigenvalue weighted by Crippen LogP contribution is -2.51. The molecule has 1 saturated heterocycles. The molecule has 1 aliphatic heterocycles. The third kappa shape index (κ3) is 4.57. The van der Waals surface area contributed by atoms with Crippen molar-refractivity contribution in [2.24, 2.45) is 5.92 Å². The van der Waals surface area contributed by atoms with Crippen LogP contribution in [0.1, 0.15) is 40.0 Å². The molecule has 102 valence electrons. The van der Waals surface area contributed by atoms with E-state index >= 15 is 0 Å². The van der Waals surface area contributed by atoms with E-state index in [0.717, 1.165) is 19.1 Å². The molecule has 0 aromatic rings. The van der Waals surface area contributed by atoms with Crippen molar-refractivity contribution >= 4 is 0 Å². The Hall–Kier alpha value is -0.120. The highest BCUT2D eigenvalue weighted by Gasteiger charge is 2.26. The van der Waals surface area contributed by atoms with Crippen LogP contribution >= 0.6 is 0 Å². The smallest absolute Gasteiger partial charge is 0.0491 e. The first-order valence-electron chi connectivity index (χ1n) is 7.19. The maximum absolute atomic E-state index is 5.25. The predicted octanol–water partition coefficient (Wildman–Crippen LogP) is 2.12. The van der Waals surface area contributed by atoms with Crippen LogP contribution in [0.4, 0.5) is 0 Å². The van der Waals surface area contributed by atoms with Gasteiger partial charge < -0.3 is 10.1 Å². The molecule has 1 rings (SSSR count). The Morgan fingerprint density at radius 1 is 1.29 bits per heavy atom. The summed E-state index contributed by atoms with van der Waals surface area (Å²) in [4.78, 5) is 2.64. The van der Waals surface area contributed by atoms with E-state index in [1.807, 2.05) is 7.11 Å². The van der Waals surface area contributed by atoms with E-state index in [4.69, 9.17) is 4.74 Å². The van der Waals surface area contributed by atoms with Crippen LogP contribution < -0.4 is 5.32 Å². The number of ether oxygens (including phenoxy) is 1. The van der Waals surface area contributed by atoms with E-state index in [9.17, 15) is 0 Å². The normalized spacial score (nSPS) is 22.6. The standard InChI is InChI=1S/C14H30N2O/c1-5-14(15-6-2)12(3)16-9-7-13(8-10-16)11-17-4/h12-15H,5-11H2,1-4H3. The van der Waals surface area contributed by atoms with Crippen molar-refractivity contribution in [1.82, 2.24) is 10.2 Å². The molecule has 0 aromatic heterocycles. The van der Waals surface area contributed by atoms with E-state index in [2.05, 4.69) is 31.0 Å². The van der Waals surface area contributed by atoms with Crippen LogP contribution in [0, 0.1) is 5.92 Å². The first-order valence-corrected chi connectivity index (χ1v) is 7.19. The Morgan fingerprint density at radius 3 is 2.41 bits per heavy atom. The average molecular weight is 242 g/mol. The van der Waals surface area contributed by atoms with Gasteiger partial charge in [0, 0.05) is 25.8 Å². The van der Waals surface area contributed by atoms with Crippen LogP contribution in [-0.4, -0.2) is 50.3 Å². The van der Waals surface area contributed by atoms with Gasteiger partial charge in [-0.05, 0) is 51.7 Å². The van der Waals surface area contributed by atoms with Crippen molar-refractivity contribution in [3.05, 3.63) is 0 Å². The van der Waals surface area contributed by atoms with Gasteiger partial charge in [0.15, 0.2) is 0 Å². The minimum absolute atomic E-state index is 0.638. The van der Waals surface area contributed by atoms with Gasteiger partial charge in [0.05, 0.1) is 0 Å². The number of nitrogens with zero attached hydrogens (tertiary/aromatic N) is 1. The molecule has 0 aromatic carbocycles. The largest absolute Gasteiger partial charge is 0.384 e. The van der Waals surface area contributed by atoms with E-state index in [1.165, 1.54) is 32.4 Å². The monoisotopic (exact) mass is 242 g/mol.